The minimum Gasteiger partial charge on any atom is -0.379 e. The van der Waals surface area contributed by atoms with Gasteiger partial charge in [-0.1, -0.05) is 20.8 Å². The molecule has 0 aliphatic carbocycles. The van der Waals surface area contributed by atoms with Gasteiger partial charge >= 0.3 is 0 Å². The molecule has 0 saturated carbocycles. The summed E-state index contributed by atoms with van der Waals surface area (Å²) < 4.78 is 11.4. The molecule has 0 unspecified atom stereocenters. The maximum Gasteiger partial charge on any atom is 0.0935 e. The van der Waals surface area contributed by atoms with Crippen LogP contribution in [0.4, 0.5) is 0 Å². The van der Waals surface area contributed by atoms with E-state index in [0.717, 1.165) is 58.3 Å². The maximum absolute atomic E-state index is 5.74. The molecule has 1 atom stereocenters. The highest BCUT2D eigenvalue weighted by molar-refractivity contribution is 4.72. The molecule has 1 rings (SSSR count). The molecule has 4 nitrogen and oxygen atoms in total. The van der Waals surface area contributed by atoms with Gasteiger partial charge in [0.15, 0.2) is 0 Å². The first-order valence-corrected chi connectivity index (χ1v) is 7.34. The quantitative estimate of drug-likeness (QED) is 0.633. The van der Waals surface area contributed by atoms with Crippen LogP contribution in [-0.4, -0.2) is 63.5 Å². The minimum absolute atomic E-state index is 0.261. The lowest BCUT2D eigenvalue weighted by Crippen LogP contribution is -2.45. The van der Waals surface area contributed by atoms with Gasteiger partial charge in [-0.25, -0.2) is 0 Å². The van der Waals surface area contributed by atoms with E-state index in [1.807, 2.05) is 0 Å². The first-order chi connectivity index (χ1) is 8.72. The summed E-state index contributed by atoms with van der Waals surface area (Å²) in [4.78, 5) is 2.49. The molecule has 18 heavy (non-hydrogen) atoms. The number of nitrogens with zero attached hydrogens (tertiary/aromatic N) is 1. The van der Waals surface area contributed by atoms with Gasteiger partial charge in [-0.2, -0.15) is 0 Å². The molecule has 1 heterocycles. The monoisotopic (exact) mass is 258 g/mol. The van der Waals surface area contributed by atoms with Crippen molar-refractivity contribution in [3.05, 3.63) is 0 Å². The van der Waals surface area contributed by atoms with Crippen LogP contribution in [0.2, 0.25) is 0 Å². The van der Waals surface area contributed by atoms with Gasteiger partial charge in [0, 0.05) is 26.2 Å². The first-order valence-electron chi connectivity index (χ1n) is 7.34. The van der Waals surface area contributed by atoms with Crippen molar-refractivity contribution in [2.75, 3.05) is 52.5 Å². The van der Waals surface area contributed by atoms with Crippen LogP contribution in [0.3, 0.4) is 0 Å². The molecule has 0 aromatic carbocycles. The van der Waals surface area contributed by atoms with Gasteiger partial charge in [-0.15, -0.1) is 0 Å². The molecule has 1 aliphatic rings. The summed E-state index contributed by atoms with van der Waals surface area (Å²) in [6.07, 6.45) is 1.34. The Balaban J connectivity index is 2.03. The third kappa shape index (κ3) is 7.31. The van der Waals surface area contributed by atoms with E-state index in [2.05, 4.69) is 31.0 Å². The molecule has 0 aromatic rings. The van der Waals surface area contributed by atoms with Gasteiger partial charge in [0.1, 0.15) is 0 Å². The Morgan fingerprint density at radius 1 is 1.44 bits per heavy atom. The van der Waals surface area contributed by atoms with Gasteiger partial charge in [-0.05, 0) is 25.4 Å². The van der Waals surface area contributed by atoms with Crippen LogP contribution in [0, 0.1) is 5.92 Å². The van der Waals surface area contributed by atoms with Crippen molar-refractivity contribution in [1.82, 2.24) is 10.2 Å². The number of hydrogen-bond donors (Lipinski definition) is 1. The van der Waals surface area contributed by atoms with E-state index >= 15 is 0 Å². The Bertz CT molecular complexity index is 200. The second kappa shape index (κ2) is 9.73. The van der Waals surface area contributed by atoms with Gasteiger partial charge in [0.2, 0.25) is 0 Å². The van der Waals surface area contributed by atoms with E-state index in [1.165, 1.54) is 6.54 Å². The Hall–Kier alpha value is -0.160. The van der Waals surface area contributed by atoms with E-state index < -0.39 is 0 Å². The predicted molar refractivity (Wildman–Crippen MR) is 75.0 cm³/mol. The molecular weight excluding hydrogens is 228 g/mol. The third-order valence-corrected chi connectivity index (χ3v) is 3.04. The second-order valence-electron chi connectivity index (χ2n) is 5.43. The predicted octanol–water partition coefficient (Wildman–Crippen LogP) is 1.36. The lowest BCUT2D eigenvalue weighted by atomic mass is 10.2. The number of hydrogen-bond acceptors (Lipinski definition) is 4. The Morgan fingerprint density at radius 2 is 2.28 bits per heavy atom. The summed E-state index contributed by atoms with van der Waals surface area (Å²) >= 11 is 0. The van der Waals surface area contributed by atoms with E-state index in [-0.39, 0.29) is 6.10 Å². The van der Waals surface area contributed by atoms with Crippen LogP contribution in [-0.2, 0) is 9.47 Å². The fourth-order valence-electron chi connectivity index (χ4n) is 2.25. The second-order valence-corrected chi connectivity index (χ2v) is 5.43. The summed E-state index contributed by atoms with van der Waals surface area (Å²) in [6.45, 7) is 14.4. The smallest absolute Gasteiger partial charge is 0.0935 e. The molecule has 0 spiro atoms. The van der Waals surface area contributed by atoms with Gasteiger partial charge < -0.3 is 14.8 Å². The van der Waals surface area contributed by atoms with Crippen LogP contribution >= 0.6 is 0 Å². The molecule has 1 N–H and O–H groups in total. The van der Waals surface area contributed by atoms with Crippen LogP contribution in [0.5, 0.6) is 0 Å². The maximum atomic E-state index is 5.74. The SMILES string of the molecule is CCNCCCOC[C@@H]1CN(CC(C)C)CCO1. The highest BCUT2D eigenvalue weighted by Crippen LogP contribution is 2.08. The molecule has 1 fully saturated rings. The van der Waals surface area contributed by atoms with E-state index in [1.54, 1.807) is 0 Å². The van der Waals surface area contributed by atoms with Crippen LogP contribution in [0.1, 0.15) is 27.2 Å². The number of ether oxygens (including phenoxy) is 2. The Morgan fingerprint density at radius 3 is 3.00 bits per heavy atom. The Labute approximate surface area is 112 Å². The zero-order chi connectivity index (χ0) is 13.2. The summed E-state index contributed by atoms with van der Waals surface area (Å²) in [5.41, 5.74) is 0. The summed E-state index contributed by atoms with van der Waals surface area (Å²) in [6, 6.07) is 0. The lowest BCUT2D eigenvalue weighted by molar-refractivity contribution is -0.0711. The molecule has 0 radical (unpaired) electrons. The molecular formula is C14H30N2O2. The molecule has 0 amide bonds. The topological polar surface area (TPSA) is 33.7 Å². The van der Waals surface area contributed by atoms with Crippen molar-refractivity contribution in [2.24, 2.45) is 5.92 Å². The van der Waals surface area contributed by atoms with Gasteiger partial charge in [0.05, 0.1) is 19.3 Å². The number of morpholine rings is 1. The summed E-state index contributed by atoms with van der Waals surface area (Å²) in [5.74, 6) is 0.727. The average molecular weight is 258 g/mol. The standard InChI is InChI=1S/C14H30N2O2/c1-4-15-6-5-8-17-12-14-11-16(7-9-18-14)10-13(2)3/h13-15H,4-12H2,1-3H3/t14-/m0/s1. The zero-order valence-electron chi connectivity index (χ0n) is 12.3. The van der Waals surface area contributed by atoms with Crippen LogP contribution < -0.4 is 5.32 Å². The van der Waals surface area contributed by atoms with Crippen molar-refractivity contribution >= 4 is 0 Å². The van der Waals surface area contributed by atoms with Crippen LogP contribution in [0.15, 0.2) is 0 Å². The van der Waals surface area contributed by atoms with Crippen LogP contribution in [0.25, 0.3) is 0 Å². The number of rotatable bonds is 9. The highest BCUT2D eigenvalue weighted by Gasteiger charge is 2.20. The molecule has 108 valence electrons. The molecule has 4 heteroatoms. The fraction of sp³-hybridized carbons (Fsp3) is 1.00. The largest absolute Gasteiger partial charge is 0.379 e. The third-order valence-electron chi connectivity index (χ3n) is 3.04. The Kier molecular flexibility index (Phi) is 8.59. The van der Waals surface area contributed by atoms with E-state index in [9.17, 15) is 0 Å². The van der Waals surface area contributed by atoms with Crippen molar-refractivity contribution in [3.8, 4) is 0 Å². The van der Waals surface area contributed by atoms with Crippen molar-refractivity contribution < 1.29 is 9.47 Å². The van der Waals surface area contributed by atoms with E-state index in [4.69, 9.17) is 9.47 Å². The van der Waals surface area contributed by atoms with E-state index in [0.29, 0.717) is 0 Å². The van der Waals surface area contributed by atoms with Gasteiger partial charge in [-0.3, -0.25) is 4.90 Å². The lowest BCUT2D eigenvalue weighted by Gasteiger charge is -2.33. The number of nitrogens with one attached hydrogen (secondary N) is 1. The normalized spacial score (nSPS) is 21.7. The average Bonchev–Trinajstić information content (AvgIpc) is 2.33. The highest BCUT2D eigenvalue weighted by atomic mass is 16.5. The van der Waals surface area contributed by atoms with Crippen molar-refractivity contribution in [1.29, 1.82) is 0 Å². The molecule has 0 aromatic heterocycles. The first kappa shape index (κ1) is 15.9. The molecule has 1 saturated heterocycles. The summed E-state index contributed by atoms with van der Waals surface area (Å²) in [7, 11) is 0. The van der Waals surface area contributed by atoms with Crippen molar-refractivity contribution in [2.45, 2.75) is 33.3 Å². The zero-order valence-corrected chi connectivity index (χ0v) is 12.3. The molecule has 1 aliphatic heterocycles. The fourth-order valence-corrected chi connectivity index (χ4v) is 2.25. The van der Waals surface area contributed by atoms with Gasteiger partial charge in [0.25, 0.3) is 0 Å². The summed E-state index contributed by atoms with van der Waals surface area (Å²) in [5, 5.41) is 3.30. The van der Waals surface area contributed by atoms with Crippen molar-refractivity contribution in [3.63, 3.8) is 0 Å². The minimum atomic E-state index is 0.261. The molecule has 0 bridgehead atoms.